The number of hydrogen-bond acceptors (Lipinski definition) is 4. The van der Waals surface area contributed by atoms with E-state index in [9.17, 15) is 9.18 Å². The Balaban J connectivity index is 1.79. The highest BCUT2D eigenvalue weighted by Crippen LogP contribution is 2.30. The Morgan fingerprint density at radius 1 is 1.19 bits per heavy atom. The van der Waals surface area contributed by atoms with Crippen LogP contribution in [0.1, 0.15) is 5.56 Å². The van der Waals surface area contributed by atoms with Crippen molar-refractivity contribution in [3.8, 4) is 5.69 Å². The van der Waals surface area contributed by atoms with Gasteiger partial charge in [-0.15, -0.1) is 0 Å². The molecular weight excluding hydrogens is 375 g/mol. The van der Waals surface area contributed by atoms with Gasteiger partial charge in [-0.2, -0.15) is 0 Å². The van der Waals surface area contributed by atoms with Crippen molar-refractivity contribution in [1.82, 2.24) is 19.5 Å². The lowest BCUT2D eigenvalue weighted by atomic mass is 10.2. The number of nitrogens with zero attached hydrogens (tertiary/aromatic N) is 3. The number of benzene rings is 2. The topological polar surface area (TPSA) is 63.6 Å². The Kier molecular flexibility index (Phi) is 4.48. The van der Waals surface area contributed by atoms with Crippen molar-refractivity contribution >= 4 is 34.5 Å². The minimum atomic E-state index is -0.379. The predicted molar refractivity (Wildman–Crippen MR) is 100 cm³/mol. The molecule has 0 bridgehead atoms. The number of hydrogen-bond donors (Lipinski definition) is 1. The van der Waals surface area contributed by atoms with Gasteiger partial charge in [-0.05, 0) is 29.8 Å². The summed E-state index contributed by atoms with van der Waals surface area (Å²) in [5, 5.41) is 0.964. The molecule has 130 valence electrons. The normalized spacial score (nSPS) is 11.2. The molecule has 2 aromatic carbocycles. The van der Waals surface area contributed by atoms with E-state index in [1.54, 1.807) is 6.07 Å². The highest BCUT2D eigenvalue weighted by molar-refractivity contribution is 7.98. The van der Waals surface area contributed by atoms with Gasteiger partial charge in [-0.3, -0.25) is 9.36 Å². The number of thioether (sulfide) groups is 1. The first-order chi connectivity index (χ1) is 12.6. The van der Waals surface area contributed by atoms with E-state index in [1.165, 1.54) is 30.2 Å². The summed E-state index contributed by atoms with van der Waals surface area (Å²) >= 11 is 7.51. The van der Waals surface area contributed by atoms with Crippen LogP contribution in [-0.2, 0) is 5.75 Å². The van der Waals surface area contributed by atoms with E-state index in [1.807, 2.05) is 34.9 Å². The van der Waals surface area contributed by atoms with Gasteiger partial charge in [0.15, 0.2) is 16.3 Å². The molecule has 0 spiro atoms. The average molecular weight is 387 g/mol. The van der Waals surface area contributed by atoms with Crippen LogP contribution >= 0.6 is 23.4 Å². The average Bonchev–Trinajstić information content (AvgIpc) is 3.01. The summed E-state index contributed by atoms with van der Waals surface area (Å²) in [6.07, 6.45) is 1.36. The smallest absolute Gasteiger partial charge is 0.278 e. The van der Waals surface area contributed by atoms with Crippen molar-refractivity contribution in [2.45, 2.75) is 10.9 Å². The van der Waals surface area contributed by atoms with Crippen molar-refractivity contribution in [2.24, 2.45) is 0 Å². The Labute approximate surface area is 156 Å². The minimum absolute atomic E-state index is 0.268. The van der Waals surface area contributed by atoms with E-state index in [4.69, 9.17) is 11.6 Å². The minimum Gasteiger partial charge on any atom is -0.311 e. The van der Waals surface area contributed by atoms with Crippen molar-refractivity contribution in [3.05, 3.63) is 81.6 Å². The quantitative estimate of drug-likeness (QED) is 0.534. The summed E-state index contributed by atoms with van der Waals surface area (Å²) in [7, 11) is 0. The molecule has 0 amide bonds. The van der Waals surface area contributed by atoms with Crippen LogP contribution in [0.5, 0.6) is 0 Å². The lowest BCUT2D eigenvalue weighted by molar-refractivity contribution is 0.627. The molecule has 0 aliphatic carbocycles. The van der Waals surface area contributed by atoms with E-state index < -0.39 is 0 Å². The second kappa shape index (κ2) is 6.93. The largest absolute Gasteiger partial charge is 0.311 e. The molecule has 0 saturated carbocycles. The molecule has 4 rings (SSSR count). The van der Waals surface area contributed by atoms with E-state index in [2.05, 4.69) is 15.0 Å². The standard InChI is InChI=1S/C18H12ClFN4OS/c19-14-8-12(20)7-6-11(14)9-26-18-23-15-16(21-10-22-17(15)25)24(18)13-4-2-1-3-5-13/h1-8,10H,9H2,(H,21,22,25). The number of fused-ring (bicyclic) bond motifs is 1. The van der Waals surface area contributed by atoms with E-state index >= 15 is 0 Å². The van der Waals surface area contributed by atoms with Crippen molar-refractivity contribution in [1.29, 1.82) is 0 Å². The van der Waals surface area contributed by atoms with Crippen LogP contribution in [0.4, 0.5) is 4.39 Å². The first kappa shape index (κ1) is 16.8. The summed E-state index contributed by atoms with van der Waals surface area (Å²) in [6.45, 7) is 0. The van der Waals surface area contributed by atoms with Crippen LogP contribution in [0.2, 0.25) is 5.02 Å². The first-order valence-electron chi connectivity index (χ1n) is 7.72. The summed E-state index contributed by atoms with van der Waals surface area (Å²) in [5.74, 6) is 0.101. The van der Waals surface area contributed by atoms with Crippen molar-refractivity contribution in [2.75, 3.05) is 0 Å². The van der Waals surface area contributed by atoms with Gasteiger partial charge in [0.25, 0.3) is 5.56 Å². The zero-order valence-corrected chi connectivity index (χ0v) is 14.9. The number of imidazole rings is 1. The van der Waals surface area contributed by atoms with Crippen molar-refractivity contribution in [3.63, 3.8) is 0 Å². The number of aromatic amines is 1. The van der Waals surface area contributed by atoms with E-state index in [-0.39, 0.29) is 16.9 Å². The fraction of sp³-hybridized carbons (Fsp3) is 0.0556. The monoisotopic (exact) mass is 386 g/mol. The highest BCUT2D eigenvalue weighted by atomic mass is 35.5. The summed E-state index contributed by atoms with van der Waals surface area (Å²) < 4.78 is 15.1. The lowest BCUT2D eigenvalue weighted by Gasteiger charge is -2.08. The third kappa shape index (κ3) is 3.11. The van der Waals surface area contributed by atoms with Gasteiger partial charge in [0.1, 0.15) is 5.82 Å². The highest BCUT2D eigenvalue weighted by Gasteiger charge is 2.17. The molecule has 0 unspecified atom stereocenters. The predicted octanol–water partition coefficient (Wildman–Crippen LogP) is 4.19. The molecular formula is C18H12ClFN4OS. The van der Waals surface area contributed by atoms with Gasteiger partial charge in [0.2, 0.25) is 0 Å². The van der Waals surface area contributed by atoms with Crippen LogP contribution in [0, 0.1) is 5.82 Å². The third-order valence-corrected chi connectivity index (χ3v) is 5.15. The maximum atomic E-state index is 13.2. The molecule has 0 aliphatic heterocycles. The molecule has 0 aliphatic rings. The number of para-hydroxylation sites is 1. The Morgan fingerprint density at radius 3 is 2.77 bits per heavy atom. The molecule has 26 heavy (non-hydrogen) atoms. The third-order valence-electron chi connectivity index (χ3n) is 3.81. The van der Waals surface area contributed by atoms with Gasteiger partial charge in [-0.1, -0.05) is 47.6 Å². The molecule has 5 nitrogen and oxygen atoms in total. The molecule has 0 saturated heterocycles. The van der Waals surface area contributed by atoms with Crippen LogP contribution < -0.4 is 5.56 Å². The van der Waals surface area contributed by atoms with Crippen LogP contribution in [-0.4, -0.2) is 19.5 Å². The molecule has 1 N–H and O–H groups in total. The van der Waals surface area contributed by atoms with Crippen molar-refractivity contribution < 1.29 is 4.39 Å². The van der Waals surface area contributed by atoms with Gasteiger partial charge in [0, 0.05) is 16.5 Å². The molecule has 0 radical (unpaired) electrons. The van der Waals surface area contributed by atoms with Crippen LogP contribution in [0.3, 0.4) is 0 Å². The number of halogens is 2. The van der Waals surface area contributed by atoms with Gasteiger partial charge < -0.3 is 4.98 Å². The fourth-order valence-corrected chi connectivity index (χ4v) is 3.90. The second-order valence-electron chi connectivity index (χ2n) is 5.49. The molecule has 8 heteroatoms. The van der Waals surface area contributed by atoms with Crippen LogP contribution in [0.25, 0.3) is 16.9 Å². The number of nitrogens with one attached hydrogen (secondary N) is 1. The van der Waals surface area contributed by atoms with Crippen LogP contribution in [0.15, 0.2) is 64.8 Å². The molecule has 4 aromatic rings. The van der Waals surface area contributed by atoms with Gasteiger partial charge in [-0.25, -0.2) is 14.4 Å². The molecule has 2 heterocycles. The number of H-pyrrole nitrogens is 1. The zero-order valence-electron chi connectivity index (χ0n) is 13.3. The SMILES string of the molecule is O=c1[nH]cnc2c1nc(SCc1ccc(F)cc1Cl)n2-c1ccccc1. The molecule has 2 aromatic heterocycles. The first-order valence-corrected chi connectivity index (χ1v) is 9.08. The van der Waals surface area contributed by atoms with Gasteiger partial charge in [0.05, 0.1) is 6.33 Å². The fourth-order valence-electron chi connectivity index (χ4n) is 2.57. The van der Waals surface area contributed by atoms with E-state index in [0.717, 1.165) is 11.3 Å². The summed E-state index contributed by atoms with van der Waals surface area (Å²) in [6, 6.07) is 13.8. The number of rotatable bonds is 4. The molecule has 0 atom stereocenters. The zero-order chi connectivity index (χ0) is 18.1. The summed E-state index contributed by atoms with van der Waals surface area (Å²) in [5.41, 5.74) is 2.08. The Hall–Kier alpha value is -2.64. The van der Waals surface area contributed by atoms with E-state index in [0.29, 0.717) is 21.6 Å². The lowest BCUT2D eigenvalue weighted by Crippen LogP contribution is -2.07. The maximum absolute atomic E-state index is 13.2. The number of aromatic nitrogens is 4. The molecule has 0 fully saturated rings. The Morgan fingerprint density at radius 2 is 2.00 bits per heavy atom. The summed E-state index contributed by atoms with van der Waals surface area (Å²) in [4.78, 5) is 23.4. The maximum Gasteiger partial charge on any atom is 0.278 e. The second-order valence-corrected chi connectivity index (χ2v) is 6.84. The Bertz CT molecular complexity index is 1140. The van der Waals surface area contributed by atoms with Gasteiger partial charge >= 0.3 is 0 Å².